The molecule has 1 atom stereocenters. The summed E-state index contributed by atoms with van der Waals surface area (Å²) in [5.41, 5.74) is 11.6. The van der Waals surface area contributed by atoms with Crippen LogP contribution in [0.3, 0.4) is 0 Å². The molecular weight excluding hydrogens is 1760 g/mol. The maximum Gasteiger partial charge on any atom is 0.573 e. The van der Waals surface area contributed by atoms with Gasteiger partial charge in [0.1, 0.15) is 23.0 Å². The Kier molecular flexibility index (Phi) is 31.3. The molecule has 4 heterocycles. The summed E-state index contributed by atoms with van der Waals surface area (Å²) in [5.74, 6) is 1.38. The first kappa shape index (κ1) is 94.3. The quantitative estimate of drug-likeness (QED) is 0.0211. The molecule has 133 heavy (non-hydrogen) atoms. The van der Waals surface area contributed by atoms with Crippen LogP contribution in [0.2, 0.25) is 10.0 Å². The van der Waals surface area contributed by atoms with Gasteiger partial charge in [0.15, 0.2) is 0 Å². The summed E-state index contributed by atoms with van der Waals surface area (Å²) < 4.78 is 99.4. The van der Waals surface area contributed by atoms with E-state index in [1.807, 2.05) is 215 Å². The number of alkyl halides is 6. The summed E-state index contributed by atoms with van der Waals surface area (Å²) in [6, 6.07) is 88.2. The molecule has 0 aliphatic heterocycles. The second kappa shape index (κ2) is 44.1. The third kappa shape index (κ3) is 26.4. The fraction of sp³-hybridized carbons (Fsp3) is 0.134. The minimum Gasteiger partial charge on any atom is -0.497 e. The van der Waals surface area contributed by atoms with Gasteiger partial charge < -0.3 is 40.2 Å². The SMILES string of the molecule is COc1ccc(-n2nc(NCc3cccc(Cl)c3)nc2NC(=O)c2ccccc2C)cc1.COc1ccccc1CNc1nc(NC(=O)c2ccccc2C)n(-c2ccc(OC(F)(F)F)cc2)n1.Cc1ccccc1C(=O)Nc1nc(NCc2ccc(Cl)cc2)nn1-c1ccc(OC(F)(F)F)cc1.Cc1ccccc1C(=O)Nc1nc(N[C@H](C)c2ccccc2)nn1-c1ccccc1. The average Bonchev–Trinajstić information content (AvgIpc) is 1.69. The number of hydrogen-bond donors (Lipinski definition) is 8. The van der Waals surface area contributed by atoms with Crippen molar-refractivity contribution in [2.24, 2.45) is 0 Å². The number of aromatic nitrogens is 12. The Hall–Kier alpha value is -16.4. The van der Waals surface area contributed by atoms with Crippen molar-refractivity contribution < 1.29 is 64.5 Å². The van der Waals surface area contributed by atoms with Crippen molar-refractivity contribution in [3.05, 3.63) is 380 Å². The molecule has 0 saturated carbocycles. The summed E-state index contributed by atoms with van der Waals surface area (Å²) in [4.78, 5) is 69.4. The minimum absolute atomic E-state index is 0.0118. The number of carbonyl (C=O) groups excluding carboxylic acids is 4. The molecule has 0 aliphatic carbocycles. The Bertz CT molecular complexity index is 6650. The lowest BCUT2D eigenvalue weighted by Gasteiger charge is -2.12. The Morgan fingerprint density at radius 3 is 1.07 bits per heavy atom. The van der Waals surface area contributed by atoms with Crippen LogP contribution in [0.5, 0.6) is 23.0 Å². The van der Waals surface area contributed by atoms with Crippen LogP contribution in [0.1, 0.15) is 98.9 Å². The maximum absolute atomic E-state index is 12.9. The summed E-state index contributed by atoms with van der Waals surface area (Å²) in [5, 5.41) is 43.1. The van der Waals surface area contributed by atoms with Crippen LogP contribution in [-0.4, -0.2) is 110 Å². The Balaban J connectivity index is 0.000000151. The molecule has 36 heteroatoms. The largest absolute Gasteiger partial charge is 0.573 e. The third-order valence-electron chi connectivity index (χ3n) is 19.8. The van der Waals surface area contributed by atoms with Crippen LogP contribution in [0.25, 0.3) is 22.7 Å². The van der Waals surface area contributed by atoms with Crippen LogP contribution in [0, 0.1) is 27.7 Å². The lowest BCUT2D eigenvalue weighted by atomic mass is 10.1. The Morgan fingerprint density at radius 1 is 0.346 bits per heavy atom. The third-order valence-corrected chi connectivity index (χ3v) is 20.3. The predicted octanol–water partition coefficient (Wildman–Crippen LogP) is 21.4. The minimum atomic E-state index is -4.81. The molecule has 28 nitrogen and oxygen atoms in total. The van der Waals surface area contributed by atoms with Gasteiger partial charge >= 0.3 is 12.7 Å². The van der Waals surface area contributed by atoms with Gasteiger partial charge in [-0.2, -0.15) is 38.7 Å². The van der Waals surface area contributed by atoms with Crippen LogP contribution in [-0.2, 0) is 19.6 Å². The predicted molar refractivity (Wildman–Crippen MR) is 498 cm³/mol. The van der Waals surface area contributed by atoms with Gasteiger partial charge in [0, 0.05) is 57.5 Å². The summed E-state index contributed by atoms with van der Waals surface area (Å²) in [6.45, 7) is 10.6. The van der Waals surface area contributed by atoms with Crippen molar-refractivity contribution in [3.8, 4) is 45.7 Å². The molecule has 0 unspecified atom stereocenters. The molecule has 0 bridgehead atoms. The lowest BCUT2D eigenvalue weighted by Crippen LogP contribution is -2.17. The number of halogens is 8. The number of para-hydroxylation sites is 2. The molecular formula is C97H86Cl2F6N20O8. The Labute approximate surface area is 769 Å². The maximum atomic E-state index is 12.9. The van der Waals surface area contributed by atoms with Gasteiger partial charge in [-0.1, -0.05) is 187 Å². The van der Waals surface area contributed by atoms with Crippen LogP contribution in [0.15, 0.2) is 303 Å². The van der Waals surface area contributed by atoms with E-state index in [0.29, 0.717) is 92.9 Å². The molecule has 0 aliphatic rings. The van der Waals surface area contributed by atoms with Gasteiger partial charge in [-0.05, 0) is 213 Å². The molecule has 12 aromatic carbocycles. The Morgan fingerprint density at radius 2 is 0.684 bits per heavy atom. The number of methoxy groups -OCH3 is 2. The van der Waals surface area contributed by atoms with E-state index in [1.54, 1.807) is 98.1 Å². The number of hydrogen-bond acceptors (Lipinski definition) is 20. The molecule has 0 saturated heterocycles. The normalized spacial score (nSPS) is 11.2. The number of benzene rings is 12. The van der Waals surface area contributed by atoms with Crippen molar-refractivity contribution in [2.75, 3.05) is 56.8 Å². The fourth-order valence-corrected chi connectivity index (χ4v) is 13.4. The fourth-order valence-electron chi connectivity index (χ4n) is 13.1. The van der Waals surface area contributed by atoms with Gasteiger partial charge in [-0.3, -0.25) is 40.4 Å². The van der Waals surface area contributed by atoms with Gasteiger partial charge in [0.05, 0.1) is 43.0 Å². The number of carbonyl (C=O) groups is 4. The first-order valence-corrected chi connectivity index (χ1v) is 41.7. The number of aryl methyl sites for hydroxylation is 4. The van der Waals surface area contributed by atoms with Crippen LogP contribution >= 0.6 is 23.2 Å². The van der Waals surface area contributed by atoms with Gasteiger partial charge in [-0.15, -0.1) is 46.7 Å². The number of ether oxygens (including phenoxy) is 4. The number of rotatable bonds is 28. The van der Waals surface area contributed by atoms with E-state index < -0.39 is 24.5 Å². The second-order valence-electron chi connectivity index (χ2n) is 29.3. The van der Waals surface area contributed by atoms with E-state index in [-0.39, 0.29) is 53.1 Å². The highest BCUT2D eigenvalue weighted by atomic mass is 35.5. The highest BCUT2D eigenvalue weighted by molar-refractivity contribution is 6.31. The summed E-state index contributed by atoms with van der Waals surface area (Å²) in [7, 11) is 3.17. The van der Waals surface area contributed by atoms with Crippen molar-refractivity contribution in [2.45, 2.75) is 73.0 Å². The van der Waals surface area contributed by atoms with Gasteiger partial charge in [0.25, 0.3) is 23.6 Å². The molecule has 0 fully saturated rings. The molecule has 678 valence electrons. The van der Waals surface area contributed by atoms with E-state index in [2.05, 4.69) is 92.3 Å². The lowest BCUT2D eigenvalue weighted by molar-refractivity contribution is -0.275. The topological polar surface area (TPSA) is 324 Å². The zero-order valence-electron chi connectivity index (χ0n) is 72.2. The average molecular weight is 1840 g/mol. The second-order valence-corrected chi connectivity index (χ2v) is 30.2. The number of anilines is 8. The van der Waals surface area contributed by atoms with E-state index in [0.717, 1.165) is 85.9 Å². The van der Waals surface area contributed by atoms with Crippen molar-refractivity contribution in [1.29, 1.82) is 0 Å². The smallest absolute Gasteiger partial charge is 0.497 e. The number of nitrogens with zero attached hydrogens (tertiary/aromatic N) is 12. The molecule has 4 aromatic heterocycles. The van der Waals surface area contributed by atoms with Crippen LogP contribution in [0.4, 0.5) is 73.9 Å². The molecule has 16 rings (SSSR count). The monoisotopic (exact) mass is 1840 g/mol. The van der Waals surface area contributed by atoms with Crippen molar-refractivity contribution >= 4 is 94.4 Å². The van der Waals surface area contributed by atoms with Crippen molar-refractivity contribution in [1.82, 2.24) is 59.1 Å². The summed E-state index contributed by atoms with van der Waals surface area (Å²) in [6.07, 6.45) is -9.61. The summed E-state index contributed by atoms with van der Waals surface area (Å²) >= 11 is 12.0. The zero-order valence-corrected chi connectivity index (χ0v) is 73.7. The first-order chi connectivity index (χ1) is 64.0. The van der Waals surface area contributed by atoms with Gasteiger partial charge in [-0.25, -0.2) is 0 Å². The van der Waals surface area contributed by atoms with Crippen molar-refractivity contribution in [3.63, 3.8) is 0 Å². The van der Waals surface area contributed by atoms with E-state index in [9.17, 15) is 45.5 Å². The van der Waals surface area contributed by atoms with Gasteiger partial charge in [0.2, 0.25) is 47.6 Å². The standard InChI is InChI=1S/C25H22F3N5O3.C24H19ClF3N5O2.C24H22ClN5O2.C24H23N5O/c1-16-7-3-5-9-20(16)22(34)30-24-31-23(29-15-17-8-4-6-10-21(17)35-2)32-33(24)18-11-13-19(14-12-18)36-25(26,27)28;1-15-4-2-3-5-20(15)21(34)30-23-31-22(29-14-16-6-8-17(25)9-7-16)32-33(23)18-10-12-19(13-11-18)35-24(26,27)28;1-16-6-3-4-9-21(16)22(31)27-24-28-23(26-15-17-7-5-8-18(25)14-17)29-30(24)19-10-12-20(32-2)13-11-19;1-17-11-9-10-16-21(17)22(30)26-24-27-23(25-18(2)19-12-5-3-6-13-19)28-29(24)20-14-7-4-8-15-20/h3-14H,15H2,1-2H3,(H2,29,30,31,32,34);2-13H,14H2,1H3,(H2,29,30,31,32,34);3-14H,15H2,1-2H3,(H2,26,27,28,29,31);3-16,18H,1-2H3,(H2,25,26,27,28,30)/t;;;18-/m...1/s1. The van der Waals surface area contributed by atoms with E-state index >= 15 is 0 Å². The molecule has 8 N–H and O–H groups in total. The molecule has 0 radical (unpaired) electrons. The first-order valence-electron chi connectivity index (χ1n) is 41.0. The zero-order chi connectivity index (χ0) is 94.1. The number of nitrogens with one attached hydrogen (secondary N) is 8. The highest BCUT2D eigenvalue weighted by Crippen LogP contribution is 2.32. The van der Waals surface area contributed by atoms with E-state index in [4.69, 9.17) is 32.7 Å². The molecule has 0 spiro atoms. The van der Waals surface area contributed by atoms with Crippen LogP contribution < -0.4 is 61.5 Å². The van der Waals surface area contributed by atoms with E-state index in [1.165, 1.54) is 33.6 Å². The number of amides is 4. The highest BCUT2D eigenvalue weighted by Gasteiger charge is 2.33. The molecule has 4 amide bonds. The molecule has 16 aromatic rings.